The largest absolute Gasteiger partial charge is 0.449 e. The SMILES string of the molecule is CCCCOC(=O)N1CCCCC1C(=O)Nc1c(C)cccc1C. The first-order valence-corrected chi connectivity index (χ1v) is 8.85. The molecule has 0 saturated carbocycles. The number of hydrogen-bond acceptors (Lipinski definition) is 3. The van der Waals surface area contributed by atoms with Crippen LogP contribution in [0.15, 0.2) is 18.2 Å². The van der Waals surface area contributed by atoms with E-state index in [1.807, 2.05) is 32.0 Å². The van der Waals surface area contributed by atoms with Crippen molar-refractivity contribution in [3.63, 3.8) is 0 Å². The second-order valence-electron chi connectivity index (χ2n) is 6.43. The standard InChI is InChI=1S/C19H28N2O3/c1-4-5-13-24-19(23)21-12-7-6-11-16(21)18(22)20-17-14(2)9-8-10-15(17)3/h8-10,16H,4-7,11-13H2,1-3H3,(H,20,22). The smallest absolute Gasteiger partial charge is 0.410 e. The third-order valence-electron chi connectivity index (χ3n) is 4.49. The molecular weight excluding hydrogens is 304 g/mol. The van der Waals surface area contributed by atoms with Gasteiger partial charge in [-0.25, -0.2) is 4.79 Å². The molecule has 0 aliphatic carbocycles. The molecule has 1 heterocycles. The van der Waals surface area contributed by atoms with Crippen molar-refractivity contribution in [3.05, 3.63) is 29.3 Å². The maximum absolute atomic E-state index is 12.8. The number of unbranched alkanes of at least 4 members (excludes halogenated alkanes) is 1. The number of carbonyl (C=O) groups is 2. The summed E-state index contributed by atoms with van der Waals surface area (Å²) in [5.74, 6) is -0.125. The lowest BCUT2D eigenvalue weighted by atomic mass is 10.0. The molecule has 1 aliphatic heterocycles. The summed E-state index contributed by atoms with van der Waals surface area (Å²) in [6, 6.07) is 5.46. The number of anilines is 1. The molecule has 1 N–H and O–H groups in total. The highest BCUT2D eigenvalue weighted by Gasteiger charge is 2.33. The van der Waals surface area contributed by atoms with Gasteiger partial charge < -0.3 is 10.1 Å². The number of nitrogens with zero attached hydrogens (tertiary/aromatic N) is 1. The van der Waals surface area contributed by atoms with Crippen molar-refractivity contribution in [2.75, 3.05) is 18.5 Å². The van der Waals surface area contributed by atoms with E-state index in [1.54, 1.807) is 4.90 Å². The molecule has 2 amide bonds. The minimum absolute atomic E-state index is 0.125. The molecule has 0 spiro atoms. The van der Waals surface area contributed by atoms with Gasteiger partial charge in [0.15, 0.2) is 0 Å². The van der Waals surface area contributed by atoms with Crippen molar-refractivity contribution < 1.29 is 14.3 Å². The van der Waals surface area contributed by atoms with Crippen LogP contribution in [0.1, 0.15) is 50.2 Å². The molecule has 1 atom stereocenters. The first kappa shape index (κ1) is 18.3. The quantitative estimate of drug-likeness (QED) is 0.828. The van der Waals surface area contributed by atoms with Crippen molar-refractivity contribution in [1.82, 2.24) is 4.90 Å². The van der Waals surface area contributed by atoms with E-state index in [9.17, 15) is 9.59 Å². The van der Waals surface area contributed by atoms with E-state index >= 15 is 0 Å². The minimum atomic E-state index is -0.452. The first-order valence-electron chi connectivity index (χ1n) is 8.85. The molecule has 24 heavy (non-hydrogen) atoms. The van der Waals surface area contributed by atoms with E-state index in [1.165, 1.54) is 0 Å². The molecule has 0 aromatic heterocycles. The van der Waals surface area contributed by atoms with Crippen LogP contribution in [0.5, 0.6) is 0 Å². The zero-order valence-corrected chi connectivity index (χ0v) is 14.9. The van der Waals surface area contributed by atoms with Crippen molar-refractivity contribution in [2.24, 2.45) is 0 Å². The number of aryl methyl sites for hydroxylation is 2. The van der Waals surface area contributed by atoms with Gasteiger partial charge in [0.2, 0.25) is 5.91 Å². The topological polar surface area (TPSA) is 58.6 Å². The Morgan fingerprint density at radius 3 is 2.62 bits per heavy atom. The summed E-state index contributed by atoms with van der Waals surface area (Å²) < 4.78 is 5.31. The summed E-state index contributed by atoms with van der Waals surface area (Å²) in [7, 11) is 0. The average Bonchev–Trinajstić information content (AvgIpc) is 2.58. The third-order valence-corrected chi connectivity index (χ3v) is 4.49. The van der Waals surface area contributed by atoms with Crippen molar-refractivity contribution in [1.29, 1.82) is 0 Å². The average molecular weight is 332 g/mol. The number of piperidine rings is 1. The van der Waals surface area contributed by atoms with Crippen LogP contribution in [0.4, 0.5) is 10.5 Å². The van der Waals surface area contributed by atoms with Gasteiger partial charge in [-0.3, -0.25) is 9.69 Å². The third kappa shape index (κ3) is 4.49. The normalized spacial score (nSPS) is 17.5. The van der Waals surface area contributed by atoms with E-state index in [4.69, 9.17) is 4.74 Å². The van der Waals surface area contributed by atoms with Gasteiger partial charge in [-0.05, 0) is 50.7 Å². The van der Waals surface area contributed by atoms with Gasteiger partial charge in [-0.1, -0.05) is 31.5 Å². The number of hydrogen-bond donors (Lipinski definition) is 1. The first-order chi connectivity index (χ1) is 11.5. The lowest BCUT2D eigenvalue weighted by molar-refractivity contribution is -0.121. The number of ether oxygens (including phenoxy) is 1. The highest BCUT2D eigenvalue weighted by atomic mass is 16.6. The van der Waals surface area contributed by atoms with Crippen molar-refractivity contribution >= 4 is 17.7 Å². The van der Waals surface area contributed by atoms with Gasteiger partial charge in [0.1, 0.15) is 6.04 Å². The van der Waals surface area contributed by atoms with Crippen LogP contribution >= 0.6 is 0 Å². The predicted molar refractivity (Wildman–Crippen MR) is 95.1 cm³/mol. The Bertz CT molecular complexity index is 566. The number of amides is 2. The molecule has 1 unspecified atom stereocenters. The maximum atomic E-state index is 12.8. The summed E-state index contributed by atoms with van der Waals surface area (Å²) in [5, 5.41) is 3.01. The lowest BCUT2D eigenvalue weighted by Crippen LogP contribution is -2.50. The van der Waals surface area contributed by atoms with Crippen LogP contribution in [0, 0.1) is 13.8 Å². The second kappa shape index (κ2) is 8.71. The van der Waals surface area contributed by atoms with Gasteiger partial charge >= 0.3 is 6.09 Å². The summed E-state index contributed by atoms with van der Waals surface area (Å²) in [4.78, 5) is 26.6. The van der Waals surface area contributed by atoms with Crippen LogP contribution in [-0.2, 0) is 9.53 Å². The monoisotopic (exact) mass is 332 g/mol. The van der Waals surface area contributed by atoms with E-state index < -0.39 is 6.04 Å². The Morgan fingerprint density at radius 1 is 1.25 bits per heavy atom. The second-order valence-corrected chi connectivity index (χ2v) is 6.43. The fourth-order valence-corrected chi connectivity index (χ4v) is 3.03. The van der Waals surface area contributed by atoms with Crippen LogP contribution in [-0.4, -0.2) is 36.1 Å². The van der Waals surface area contributed by atoms with Crippen molar-refractivity contribution in [2.45, 2.75) is 58.9 Å². The molecule has 5 heteroatoms. The fourth-order valence-electron chi connectivity index (χ4n) is 3.03. The summed E-state index contributed by atoms with van der Waals surface area (Å²) in [5.41, 5.74) is 2.89. The molecule has 0 bridgehead atoms. The van der Waals surface area contributed by atoms with E-state index in [-0.39, 0.29) is 12.0 Å². The Hall–Kier alpha value is -2.04. The maximum Gasteiger partial charge on any atom is 0.410 e. The van der Waals surface area contributed by atoms with Crippen molar-refractivity contribution in [3.8, 4) is 0 Å². The number of nitrogens with one attached hydrogen (secondary N) is 1. The van der Waals surface area contributed by atoms with Gasteiger partial charge in [0.25, 0.3) is 0 Å². The summed E-state index contributed by atoms with van der Waals surface area (Å²) >= 11 is 0. The molecule has 5 nitrogen and oxygen atoms in total. The van der Waals surface area contributed by atoms with Crippen LogP contribution in [0.2, 0.25) is 0 Å². The Kier molecular flexibility index (Phi) is 6.64. The zero-order chi connectivity index (χ0) is 17.5. The zero-order valence-electron chi connectivity index (χ0n) is 14.9. The molecular formula is C19H28N2O3. The van der Waals surface area contributed by atoms with Gasteiger partial charge in [-0.2, -0.15) is 0 Å². The molecule has 132 valence electrons. The van der Waals surface area contributed by atoms with E-state index in [0.717, 1.165) is 42.5 Å². The van der Waals surface area contributed by atoms with Crippen LogP contribution in [0.25, 0.3) is 0 Å². The number of carbonyl (C=O) groups excluding carboxylic acids is 2. The Balaban J connectivity index is 2.06. The summed E-state index contributed by atoms with van der Waals surface area (Å²) in [6.07, 6.45) is 3.99. The van der Waals surface area contributed by atoms with Crippen LogP contribution < -0.4 is 5.32 Å². The predicted octanol–water partition coefficient (Wildman–Crippen LogP) is 4.03. The van der Waals surface area contributed by atoms with Crippen LogP contribution in [0.3, 0.4) is 0 Å². The highest BCUT2D eigenvalue weighted by Crippen LogP contribution is 2.23. The Morgan fingerprint density at radius 2 is 1.96 bits per heavy atom. The molecule has 1 aliphatic rings. The number of benzene rings is 1. The van der Waals surface area contributed by atoms with Gasteiger partial charge in [0, 0.05) is 12.2 Å². The molecule has 1 saturated heterocycles. The molecule has 1 aromatic rings. The van der Waals surface area contributed by atoms with E-state index in [2.05, 4.69) is 12.2 Å². The van der Waals surface area contributed by atoms with Gasteiger partial charge in [0.05, 0.1) is 6.61 Å². The Labute approximate surface area is 144 Å². The number of likely N-dealkylation sites (tertiary alicyclic amines) is 1. The number of para-hydroxylation sites is 1. The fraction of sp³-hybridized carbons (Fsp3) is 0.579. The van der Waals surface area contributed by atoms with E-state index in [0.29, 0.717) is 19.6 Å². The number of rotatable bonds is 5. The lowest BCUT2D eigenvalue weighted by Gasteiger charge is -2.34. The highest BCUT2D eigenvalue weighted by molar-refractivity contribution is 5.97. The molecule has 2 rings (SSSR count). The minimum Gasteiger partial charge on any atom is -0.449 e. The molecule has 0 radical (unpaired) electrons. The molecule has 1 fully saturated rings. The van der Waals surface area contributed by atoms with Gasteiger partial charge in [-0.15, -0.1) is 0 Å². The summed E-state index contributed by atoms with van der Waals surface area (Å²) in [6.45, 7) is 6.99. The molecule has 1 aromatic carbocycles.